The van der Waals surface area contributed by atoms with E-state index in [9.17, 15) is 4.79 Å². The van der Waals surface area contributed by atoms with Crippen LogP contribution in [-0.2, 0) is 9.53 Å². The first-order valence-corrected chi connectivity index (χ1v) is 4.17. The Bertz CT molecular complexity index is 423. The Balaban J connectivity index is 2.96. The molecule has 0 saturated heterocycles. The number of ether oxygens (including phenoxy) is 1. The highest BCUT2D eigenvalue weighted by Crippen LogP contribution is 2.12. The summed E-state index contributed by atoms with van der Waals surface area (Å²) >= 11 is 11.1. The molecule has 0 aliphatic heterocycles. The molecule has 0 N–H and O–H groups in total. The standard InChI is InChI=1S/C8H4Cl2N2O2/c1-14-6(13)3-2-5-4-11-8(10)12-7(5)9/h4H,1H3. The van der Waals surface area contributed by atoms with Crippen LogP contribution < -0.4 is 0 Å². The maximum Gasteiger partial charge on any atom is 0.384 e. The number of carbonyl (C=O) groups excluding carboxylic acids is 1. The van der Waals surface area contributed by atoms with Crippen molar-refractivity contribution in [3.05, 3.63) is 22.2 Å². The summed E-state index contributed by atoms with van der Waals surface area (Å²) < 4.78 is 4.31. The van der Waals surface area contributed by atoms with Gasteiger partial charge in [0.1, 0.15) is 5.15 Å². The van der Waals surface area contributed by atoms with Crippen LogP contribution in [0.15, 0.2) is 6.20 Å². The highest BCUT2D eigenvalue weighted by atomic mass is 35.5. The number of rotatable bonds is 0. The number of aromatic nitrogens is 2. The van der Waals surface area contributed by atoms with Crippen LogP contribution in [0.1, 0.15) is 5.56 Å². The zero-order chi connectivity index (χ0) is 10.6. The SMILES string of the molecule is COC(=O)C#Cc1cnc(Cl)nc1Cl. The molecule has 0 atom stereocenters. The second-order valence-electron chi connectivity index (χ2n) is 2.09. The van der Waals surface area contributed by atoms with Crippen LogP contribution in [0.3, 0.4) is 0 Å². The van der Waals surface area contributed by atoms with Crippen LogP contribution in [0.5, 0.6) is 0 Å². The summed E-state index contributed by atoms with van der Waals surface area (Å²) in [6, 6.07) is 0. The van der Waals surface area contributed by atoms with Crippen LogP contribution in [0, 0.1) is 11.8 Å². The summed E-state index contributed by atoms with van der Waals surface area (Å²) in [5, 5.41) is 0.125. The third-order valence-corrected chi connectivity index (χ3v) is 1.67. The lowest BCUT2D eigenvalue weighted by atomic mass is 10.3. The van der Waals surface area contributed by atoms with Crippen molar-refractivity contribution in [1.29, 1.82) is 0 Å². The zero-order valence-corrected chi connectivity index (χ0v) is 8.56. The number of methoxy groups -OCH3 is 1. The summed E-state index contributed by atoms with van der Waals surface area (Å²) in [7, 11) is 1.23. The normalized spacial score (nSPS) is 8.79. The van der Waals surface area contributed by atoms with Crippen molar-refractivity contribution in [1.82, 2.24) is 9.97 Å². The first-order valence-electron chi connectivity index (χ1n) is 3.41. The van der Waals surface area contributed by atoms with E-state index in [0.717, 1.165) is 0 Å². The largest absolute Gasteiger partial charge is 0.459 e. The molecule has 0 aliphatic rings. The molecule has 1 aromatic rings. The van der Waals surface area contributed by atoms with E-state index < -0.39 is 5.97 Å². The Hall–Kier alpha value is -1.31. The fourth-order valence-electron chi connectivity index (χ4n) is 0.594. The van der Waals surface area contributed by atoms with Gasteiger partial charge in [-0.2, -0.15) is 0 Å². The molecule has 0 bridgehead atoms. The fraction of sp³-hybridized carbons (Fsp3) is 0.125. The van der Waals surface area contributed by atoms with Crippen LogP contribution >= 0.6 is 23.2 Å². The summed E-state index contributed by atoms with van der Waals surface area (Å²) in [6.45, 7) is 0. The first kappa shape index (κ1) is 10.8. The first-order chi connectivity index (χ1) is 6.63. The second-order valence-corrected chi connectivity index (χ2v) is 2.78. The summed E-state index contributed by atoms with van der Waals surface area (Å²) in [6.07, 6.45) is 1.33. The van der Waals surface area contributed by atoms with Gasteiger partial charge >= 0.3 is 5.97 Å². The van der Waals surface area contributed by atoms with E-state index in [1.165, 1.54) is 13.3 Å². The minimum atomic E-state index is -0.656. The van der Waals surface area contributed by atoms with Gasteiger partial charge in [0.25, 0.3) is 0 Å². The van der Waals surface area contributed by atoms with Gasteiger partial charge in [-0.05, 0) is 11.6 Å². The summed E-state index contributed by atoms with van der Waals surface area (Å²) in [4.78, 5) is 18.0. The zero-order valence-electron chi connectivity index (χ0n) is 7.04. The van der Waals surface area contributed by atoms with E-state index in [1.807, 2.05) is 0 Å². The van der Waals surface area contributed by atoms with Crippen LogP contribution in [0.4, 0.5) is 0 Å². The molecule has 0 radical (unpaired) electrons. The van der Waals surface area contributed by atoms with Gasteiger partial charge in [-0.15, -0.1) is 0 Å². The van der Waals surface area contributed by atoms with Crippen molar-refractivity contribution < 1.29 is 9.53 Å². The van der Waals surface area contributed by atoms with Gasteiger partial charge in [0.15, 0.2) is 0 Å². The molecule has 1 rings (SSSR count). The Morgan fingerprint density at radius 2 is 2.29 bits per heavy atom. The van der Waals surface area contributed by atoms with Crippen LogP contribution in [0.2, 0.25) is 10.4 Å². The number of halogens is 2. The van der Waals surface area contributed by atoms with E-state index >= 15 is 0 Å². The van der Waals surface area contributed by atoms with Gasteiger partial charge in [-0.1, -0.05) is 17.5 Å². The predicted octanol–water partition coefficient (Wildman–Crippen LogP) is 1.31. The lowest BCUT2D eigenvalue weighted by molar-refractivity contribution is -0.133. The molecule has 14 heavy (non-hydrogen) atoms. The average Bonchev–Trinajstić information content (AvgIpc) is 2.16. The topological polar surface area (TPSA) is 52.1 Å². The number of esters is 1. The fourth-order valence-corrected chi connectivity index (χ4v) is 0.947. The molecule has 0 aromatic carbocycles. The van der Waals surface area contributed by atoms with Gasteiger partial charge in [-0.25, -0.2) is 14.8 Å². The smallest absolute Gasteiger partial charge is 0.384 e. The molecule has 0 fully saturated rings. The van der Waals surface area contributed by atoms with E-state index in [1.54, 1.807) is 0 Å². The summed E-state index contributed by atoms with van der Waals surface area (Å²) in [5.74, 6) is 3.98. The van der Waals surface area contributed by atoms with Gasteiger partial charge in [0, 0.05) is 12.1 Å². The third kappa shape index (κ3) is 2.87. The minimum Gasteiger partial charge on any atom is -0.459 e. The minimum absolute atomic E-state index is 0.0265. The maximum atomic E-state index is 10.7. The lowest BCUT2D eigenvalue weighted by Crippen LogP contribution is -1.95. The van der Waals surface area contributed by atoms with Gasteiger partial charge in [0.05, 0.1) is 12.7 Å². The Morgan fingerprint density at radius 3 is 2.86 bits per heavy atom. The molecule has 0 spiro atoms. The number of hydrogen-bond acceptors (Lipinski definition) is 4. The molecule has 4 nitrogen and oxygen atoms in total. The monoisotopic (exact) mass is 230 g/mol. The highest BCUT2D eigenvalue weighted by Gasteiger charge is 2.00. The Labute approximate surface area is 90.2 Å². The quantitative estimate of drug-likeness (QED) is 0.292. The molecule has 72 valence electrons. The Morgan fingerprint density at radius 1 is 1.57 bits per heavy atom. The van der Waals surface area contributed by atoms with E-state index in [4.69, 9.17) is 23.2 Å². The van der Waals surface area contributed by atoms with E-state index in [0.29, 0.717) is 5.56 Å². The van der Waals surface area contributed by atoms with Gasteiger partial charge in [0.2, 0.25) is 5.28 Å². The van der Waals surface area contributed by atoms with Gasteiger partial charge in [-0.3, -0.25) is 0 Å². The molecular formula is C8H4Cl2N2O2. The molecule has 6 heteroatoms. The van der Waals surface area contributed by atoms with Crippen LogP contribution in [0.25, 0.3) is 0 Å². The van der Waals surface area contributed by atoms with Crippen molar-refractivity contribution in [3.8, 4) is 11.8 Å². The molecule has 0 saturated carbocycles. The average molecular weight is 231 g/mol. The number of nitrogens with zero attached hydrogens (tertiary/aromatic N) is 2. The third-order valence-electron chi connectivity index (χ3n) is 1.20. The van der Waals surface area contributed by atoms with Crippen molar-refractivity contribution in [2.24, 2.45) is 0 Å². The second kappa shape index (κ2) is 4.80. The molecular weight excluding hydrogens is 227 g/mol. The Kier molecular flexibility index (Phi) is 3.69. The van der Waals surface area contributed by atoms with Crippen LogP contribution in [-0.4, -0.2) is 23.0 Å². The molecule has 1 aromatic heterocycles. The van der Waals surface area contributed by atoms with Crippen molar-refractivity contribution >= 4 is 29.2 Å². The molecule has 1 heterocycles. The summed E-state index contributed by atoms with van der Waals surface area (Å²) in [5.41, 5.74) is 0.321. The van der Waals surface area contributed by atoms with Crippen molar-refractivity contribution in [2.45, 2.75) is 0 Å². The van der Waals surface area contributed by atoms with Crippen molar-refractivity contribution in [2.75, 3.05) is 7.11 Å². The predicted molar refractivity (Wildman–Crippen MR) is 50.9 cm³/mol. The van der Waals surface area contributed by atoms with Crippen molar-refractivity contribution in [3.63, 3.8) is 0 Å². The lowest BCUT2D eigenvalue weighted by Gasteiger charge is -1.93. The number of hydrogen-bond donors (Lipinski definition) is 0. The van der Waals surface area contributed by atoms with Gasteiger partial charge < -0.3 is 4.74 Å². The highest BCUT2D eigenvalue weighted by molar-refractivity contribution is 6.32. The van der Waals surface area contributed by atoms with E-state index in [-0.39, 0.29) is 10.4 Å². The molecule has 0 aliphatic carbocycles. The molecule has 0 unspecified atom stereocenters. The molecule has 0 amide bonds. The maximum absolute atomic E-state index is 10.7. The number of carbonyl (C=O) groups is 1. The van der Waals surface area contributed by atoms with E-state index in [2.05, 4.69) is 26.5 Å².